The molecule has 1 aromatic carbocycles. The van der Waals surface area contributed by atoms with Gasteiger partial charge in [0.1, 0.15) is 0 Å². The van der Waals surface area contributed by atoms with Crippen LogP contribution in [0.3, 0.4) is 0 Å². The monoisotopic (exact) mass is 293 g/mol. The zero-order valence-corrected chi connectivity index (χ0v) is 12.9. The van der Waals surface area contributed by atoms with Gasteiger partial charge in [0.15, 0.2) is 5.78 Å². The van der Waals surface area contributed by atoms with Crippen LogP contribution < -0.4 is 0 Å². The maximum Gasteiger partial charge on any atom is 0.174 e. The number of H-pyrrole nitrogens is 1. The summed E-state index contributed by atoms with van der Waals surface area (Å²) in [7, 11) is 0. The maximum absolute atomic E-state index is 13.2. The number of hydrogen-bond donors (Lipinski definition) is 1. The molecule has 1 atom stereocenters. The summed E-state index contributed by atoms with van der Waals surface area (Å²) in [6.07, 6.45) is 3.77. The van der Waals surface area contributed by atoms with Gasteiger partial charge in [-0.25, -0.2) is 4.98 Å². The molecule has 0 aliphatic carbocycles. The van der Waals surface area contributed by atoms with Crippen molar-refractivity contribution in [1.82, 2.24) is 14.5 Å². The Labute approximate surface area is 129 Å². The summed E-state index contributed by atoms with van der Waals surface area (Å²) in [6, 6.07) is 8.24. The Kier molecular flexibility index (Phi) is 2.93. The summed E-state index contributed by atoms with van der Waals surface area (Å²) >= 11 is 0. The number of aromatic nitrogens is 3. The lowest BCUT2D eigenvalue weighted by Gasteiger charge is -2.10. The van der Waals surface area contributed by atoms with Gasteiger partial charge >= 0.3 is 0 Å². The molecule has 3 heterocycles. The number of rotatable bonds is 3. The molecule has 0 bridgehead atoms. The molecular formula is C18H19N3O. The van der Waals surface area contributed by atoms with E-state index in [0.29, 0.717) is 0 Å². The molecule has 0 saturated carbocycles. The number of carbonyl (C=O) groups is 1. The standard InChI is InChI=1S/C18H19N3O/c1-11(17-12(2)19-10-20-17)18(22)16-13-6-3-4-7-14(13)21-9-5-8-15(16)21/h3-4,6-7,10-11H,5,8-9H2,1-2H3,(H,19,20). The Bertz CT molecular complexity index is 872. The van der Waals surface area contributed by atoms with Crippen LogP contribution in [0.15, 0.2) is 30.6 Å². The van der Waals surface area contributed by atoms with Crippen LogP contribution in [0.4, 0.5) is 0 Å². The highest BCUT2D eigenvalue weighted by molar-refractivity contribution is 6.12. The van der Waals surface area contributed by atoms with Gasteiger partial charge in [0.05, 0.1) is 17.9 Å². The van der Waals surface area contributed by atoms with Crippen LogP contribution in [0.25, 0.3) is 10.9 Å². The minimum atomic E-state index is -0.220. The van der Waals surface area contributed by atoms with Gasteiger partial charge in [0.25, 0.3) is 0 Å². The Morgan fingerprint density at radius 2 is 2.18 bits per heavy atom. The molecule has 1 N–H and O–H groups in total. The van der Waals surface area contributed by atoms with Crippen molar-refractivity contribution in [1.29, 1.82) is 0 Å². The van der Waals surface area contributed by atoms with Crippen LogP contribution in [-0.2, 0) is 13.0 Å². The van der Waals surface area contributed by atoms with E-state index in [-0.39, 0.29) is 11.7 Å². The average Bonchev–Trinajstić information content (AvgIpc) is 3.21. The van der Waals surface area contributed by atoms with E-state index in [9.17, 15) is 4.79 Å². The second kappa shape index (κ2) is 4.83. The van der Waals surface area contributed by atoms with Crippen molar-refractivity contribution < 1.29 is 4.79 Å². The number of nitrogens with zero attached hydrogens (tertiary/aromatic N) is 2. The third kappa shape index (κ3) is 1.76. The summed E-state index contributed by atoms with van der Waals surface area (Å²) < 4.78 is 2.31. The maximum atomic E-state index is 13.2. The number of aryl methyl sites for hydroxylation is 2. The number of imidazole rings is 1. The molecule has 0 radical (unpaired) electrons. The Balaban J connectivity index is 1.88. The number of nitrogens with one attached hydrogen (secondary N) is 1. The molecule has 22 heavy (non-hydrogen) atoms. The SMILES string of the molecule is Cc1[nH]cnc1C(C)C(=O)c1c2n(c3ccccc13)CCC2. The van der Waals surface area contributed by atoms with Crippen molar-refractivity contribution in [2.24, 2.45) is 0 Å². The highest BCUT2D eigenvalue weighted by atomic mass is 16.1. The molecule has 0 fully saturated rings. The number of carbonyl (C=O) groups excluding carboxylic acids is 1. The third-order valence-corrected chi connectivity index (χ3v) is 4.79. The highest BCUT2D eigenvalue weighted by Crippen LogP contribution is 2.34. The predicted molar refractivity (Wildman–Crippen MR) is 86.3 cm³/mol. The zero-order chi connectivity index (χ0) is 15.3. The van der Waals surface area contributed by atoms with E-state index in [1.54, 1.807) is 6.33 Å². The van der Waals surface area contributed by atoms with Gasteiger partial charge in [0.2, 0.25) is 0 Å². The van der Waals surface area contributed by atoms with Gasteiger partial charge in [-0.3, -0.25) is 4.79 Å². The Morgan fingerprint density at radius 1 is 1.36 bits per heavy atom. The van der Waals surface area contributed by atoms with Crippen LogP contribution in [-0.4, -0.2) is 20.3 Å². The topological polar surface area (TPSA) is 50.7 Å². The Morgan fingerprint density at radius 3 is 2.95 bits per heavy atom. The predicted octanol–water partition coefficient (Wildman–Crippen LogP) is 3.61. The lowest BCUT2D eigenvalue weighted by molar-refractivity contribution is 0.0965. The van der Waals surface area contributed by atoms with Crippen molar-refractivity contribution in [2.75, 3.05) is 0 Å². The van der Waals surface area contributed by atoms with Crippen LogP contribution >= 0.6 is 0 Å². The van der Waals surface area contributed by atoms with Gasteiger partial charge < -0.3 is 9.55 Å². The van der Waals surface area contributed by atoms with Gasteiger partial charge in [0, 0.05) is 34.4 Å². The first-order valence-electron chi connectivity index (χ1n) is 7.82. The number of ketones is 1. The summed E-state index contributed by atoms with van der Waals surface area (Å²) in [6.45, 7) is 4.94. The molecule has 1 aliphatic heterocycles. The van der Waals surface area contributed by atoms with Gasteiger partial charge in [-0.2, -0.15) is 0 Å². The van der Waals surface area contributed by atoms with Crippen molar-refractivity contribution in [3.63, 3.8) is 0 Å². The number of hydrogen-bond acceptors (Lipinski definition) is 2. The fraction of sp³-hybridized carbons (Fsp3) is 0.333. The largest absolute Gasteiger partial charge is 0.348 e. The second-order valence-electron chi connectivity index (χ2n) is 6.09. The van der Waals surface area contributed by atoms with E-state index in [4.69, 9.17) is 0 Å². The van der Waals surface area contributed by atoms with Crippen LogP contribution in [0, 0.1) is 6.92 Å². The summed E-state index contributed by atoms with van der Waals surface area (Å²) in [4.78, 5) is 20.6. The van der Waals surface area contributed by atoms with Crippen LogP contribution in [0.1, 0.15) is 46.7 Å². The molecule has 0 saturated heterocycles. The van der Waals surface area contributed by atoms with Gasteiger partial charge in [-0.15, -0.1) is 0 Å². The van der Waals surface area contributed by atoms with Crippen molar-refractivity contribution >= 4 is 16.7 Å². The van der Waals surface area contributed by atoms with E-state index in [2.05, 4.69) is 26.7 Å². The Hall–Kier alpha value is -2.36. The lowest BCUT2D eigenvalue weighted by atomic mass is 9.92. The van der Waals surface area contributed by atoms with Gasteiger partial charge in [-0.05, 0) is 32.8 Å². The number of para-hydroxylation sites is 1. The summed E-state index contributed by atoms with van der Waals surface area (Å²) in [5, 5.41) is 1.09. The fourth-order valence-corrected chi connectivity index (χ4v) is 3.70. The molecule has 4 nitrogen and oxygen atoms in total. The van der Waals surface area contributed by atoms with Crippen LogP contribution in [0.2, 0.25) is 0 Å². The normalized spacial score (nSPS) is 15.2. The first kappa shape index (κ1) is 13.3. The van der Waals surface area contributed by atoms with E-state index < -0.39 is 0 Å². The molecule has 2 aromatic heterocycles. The molecule has 4 rings (SSSR count). The number of aromatic amines is 1. The molecular weight excluding hydrogens is 274 g/mol. The fourth-order valence-electron chi connectivity index (χ4n) is 3.70. The first-order valence-corrected chi connectivity index (χ1v) is 7.82. The highest BCUT2D eigenvalue weighted by Gasteiger charge is 2.29. The van der Waals surface area contributed by atoms with E-state index in [1.807, 2.05) is 26.0 Å². The number of benzene rings is 1. The van der Waals surface area contributed by atoms with Crippen molar-refractivity contribution in [3.8, 4) is 0 Å². The molecule has 3 aromatic rings. The molecule has 1 unspecified atom stereocenters. The van der Waals surface area contributed by atoms with E-state index in [1.165, 1.54) is 11.2 Å². The number of fused-ring (bicyclic) bond motifs is 3. The van der Waals surface area contributed by atoms with Gasteiger partial charge in [-0.1, -0.05) is 18.2 Å². The molecule has 0 amide bonds. The summed E-state index contributed by atoms with van der Waals surface area (Å²) in [5.74, 6) is -0.0376. The lowest BCUT2D eigenvalue weighted by Crippen LogP contribution is -2.12. The molecule has 1 aliphatic rings. The van der Waals surface area contributed by atoms with Crippen molar-refractivity contribution in [2.45, 2.75) is 39.2 Å². The average molecular weight is 293 g/mol. The minimum absolute atomic E-state index is 0.182. The molecule has 0 spiro atoms. The molecule has 112 valence electrons. The second-order valence-corrected chi connectivity index (χ2v) is 6.09. The summed E-state index contributed by atoms with van der Waals surface area (Å²) in [5.41, 5.74) is 5.12. The van der Waals surface area contributed by atoms with Crippen LogP contribution in [0.5, 0.6) is 0 Å². The smallest absolute Gasteiger partial charge is 0.174 e. The minimum Gasteiger partial charge on any atom is -0.348 e. The quantitative estimate of drug-likeness (QED) is 0.750. The third-order valence-electron chi connectivity index (χ3n) is 4.79. The number of Topliss-reactive ketones (excluding diaryl/α,β-unsaturated/α-hetero) is 1. The zero-order valence-electron chi connectivity index (χ0n) is 12.9. The van der Waals surface area contributed by atoms with Crippen molar-refractivity contribution in [3.05, 3.63) is 53.2 Å². The van der Waals surface area contributed by atoms with E-state index >= 15 is 0 Å². The first-order chi connectivity index (χ1) is 10.7. The molecule has 4 heteroatoms. The van der Waals surface area contributed by atoms with E-state index in [0.717, 1.165) is 41.7 Å².